The molecule has 0 aliphatic carbocycles. The normalized spacial score (nSPS) is 13.7. The number of nitrogens with zero attached hydrogens (tertiary/aromatic N) is 2. The number of halogens is 3. The molecule has 9 nitrogen and oxygen atoms in total. The van der Waals surface area contributed by atoms with E-state index in [0.29, 0.717) is 0 Å². The number of rotatable bonds is 4. The van der Waals surface area contributed by atoms with E-state index in [1.54, 1.807) is 0 Å². The van der Waals surface area contributed by atoms with Crippen molar-refractivity contribution in [1.29, 1.82) is 0 Å². The van der Waals surface area contributed by atoms with Crippen LogP contribution in [0.2, 0.25) is 0 Å². The van der Waals surface area contributed by atoms with Gasteiger partial charge in [0.2, 0.25) is 0 Å². The largest absolute Gasteiger partial charge is 0.466 e. The van der Waals surface area contributed by atoms with Gasteiger partial charge < -0.3 is 19.1 Å². The van der Waals surface area contributed by atoms with E-state index in [1.165, 1.54) is 17.0 Å². The van der Waals surface area contributed by atoms with Gasteiger partial charge in [-0.15, -0.1) is 0 Å². The molecule has 0 saturated heterocycles. The third-order valence-corrected chi connectivity index (χ3v) is 4.44. The molecule has 3 rings (SSSR count). The Labute approximate surface area is 166 Å². The minimum Gasteiger partial charge on any atom is -0.466 e. The maximum atomic E-state index is 13.4. The Balaban J connectivity index is 2.13. The molecular formula is C18H14F3N3O6. The van der Waals surface area contributed by atoms with Crippen molar-refractivity contribution >= 4 is 11.9 Å². The summed E-state index contributed by atoms with van der Waals surface area (Å²) in [6.07, 6.45) is -2.74. The monoisotopic (exact) mass is 425 g/mol. The van der Waals surface area contributed by atoms with E-state index in [1.807, 2.05) is 0 Å². The van der Waals surface area contributed by atoms with Crippen molar-refractivity contribution in [2.75, 3.05) is 14.2 Å². The lowest BCUT2D eigenvalue weighted by Gasteiger charge is -2.28. The van der Waals surface area contributed by atoms with Crippen LogP contribution in [-0.4, -0.2) is 52.2 Å². The Hall–Kier alpha value is -3.67. The molecule has 1 aromatic carbocycles. The Morgan fingerprint density at radius 3 is 2.27 bits per heavy atom. The minimum atomic E-state index is -5.33. The van der Waals surface area contributed by atoms with Crippen LogP contribution >= 0.6 is 0 Å². The Morgan fingerprint density at radius 1 is 1.10 bits per heavy atom. The molecule has 30 heavy (non-hydrogen) atoms. The standard InChI is InChI=1S/C18H14F3N3O6/c1-29-15(26)12-8-24(7-11-13(12)22-23-14(11)25)10-5-3-9(4-6-10)17(28,16(27)30-2)18(19,20)21/h3-8,28H,1-2H3,(H,23,25)/t17-/m0/s1. The highest BCUT2D eigenvalue weighted by molar-refractivity contribution is 5.96. The number of alkyl halides is 3. The van der Waals surface area contributed by atoms with Crippen molar-refractivity contribution in [3.63, 3.8) is 0 Å². The highest BCUT2D eigenvalue weighted by Crippen LogP contribution is 2.40. The number of benzene rings is 1. The molecule has 1 aromatic rings. The number of pyridine rings is 1. The summed E-state index contributed by atoms with van der Waals surface area (Å²) in [6.45, 7) is 0. The molecule has 158 valence electrons. The molecule has 0 saturated carbocycles. The van der Waals surface area contributed by atoms with Gasteiger partial charge in [0.25, 0.3) is 11.2 Å². The number of aromatic amines is 1. The van der Waals surface area contributed by atoms with Gasteiger partial charge in [-0.1, -0.05) is 12.1 Å². The number of H-pyrrole nitrogens is 1. The molecule has 1 atom stereocenters. The Bertz CT molecular complexity index is 1140. The molecule has 2 aliphatic heterocycles. The number of methoxy groups -OCH3 is 2. The first-order valence-electron chi connectivity index (χ1n) is 8.21. The average Bonchev–Trinajstić information content (AvgIpc) is 3.11. The number of carbonyl (C=O) groups excluding carboxylic acids is 2. The van der Waals surface area contributed by atoms with Crippen LogP contribution in [0.25, 0.3) is 16.9 Å². The average molecular weight is 425 g/mol. The number of hydrogen-bond donors (Lipinski definition) is 2. The maximum Gasteiger partial charge on any atom is 0.432 e. The summed E-state index contributed by atoms with van der Waals surface area (Å²) >= 11 is 0. The van der Waals surface area contributed by atoms with Gasteiger partial charge in [-0.3, -0.25) is 4.79 Å². The molecule has 0 aromatic heterocycles. The summed E-state index contributed by atoms with van der Waals surface area (Å²) < 4.78 is 50.2. The number of hydrogen-bond acceptors (Lipinski definition) is 7. The second-order valence-corrected chi connectivity index (χ2v) is 6.13. The summed E-state index contributed by atoms with van der Waals surface area (Å²) in [7, 11) is 1.86. The van der Waals surface area contributed by atoms with Crippen LogP contribution in [0.4, 0.5) is 13.2 Å². The van der Waals surface area contributed by atoms with E-state index in [2.05, 4.69) is 19.7 Å². The van der Waals surface area contributed by atoms with Gasteiger partial charge in [-0.2, -0.15) is 18.3 Å². The van der Waals surface area contributed by atoms with Crippen LogP contribution in [0.1, 0.15) is 15.9 Å². The first kappa shape index (κ1) is 21.0. The van der Waals surface area contributed by atoms with E-state index in [-0.39, 0.29) is 22.5 Å². The molecule has 12 heteroatoms. The molecule has 0 amide bonds. The van der Waals surface area contributed by atoms with Gasteiger partial charge in [0.1, 0.15) is 11.3 Å². The SMILES string of the molecule is COC(=O)c1cn(-c2ccc([C@](O)(C(=O)OC)C(F)(F)F)cc2)cc2c(=O)[nH]nc1-2. The van der Waals surface area contributed by atoms with Crippen LogP contribution in [-0.2, 0) is 19.9 Å². The first-order chi connectivity index (χ1) is 14.0. The van der Waals surface area contributed by atoms with Gasteiger partial charge in [0, 0.05) is 23.6 Å². The summed E-state index contributed by atoms with van der Waals surface area (Å²) in [5.74, 6) is -2.67. The molecule has 2 N–H and O–H groups in total. The maximum absolute atomic E-state index is 13.4. The van der Waals surface area contributed by atoms with Gasteiger partial charge in [0.05, 0.1) is 19.8 Å². The minimum absolute atomic E-state index is 0.0448. The summed E-state index contributed by atoms with van der Waals surface area (Å²) in [5.41, 5.74) is -4.94. The first-order valence-corrected chi connectivity index (χ1v) is 8.21. The summed E-state index contributed by atoms with van der Waals surface area (Å²) in [6, 6.07) is 4.07. The van der Waals surface area contributed by atoms with Crippen molar-refractivity contribution in [3.05, 3.63) is 58.1 Å². The third kappa shape index (κ3) is 3.20. The third-order valence-electron chi connectivity index (χ3n) is 4.44. The zero-order valence-corrected chi connectivity index (χ0v) is 15.5. The molecule has 0 unspecified atom stereocenters. The number of fused-ring (bicyclic) bond motifs is 1. The van der Waals surface area contributed by atoms with Crippen molar-refractivity contribution in [2.24, 2.45) is 0 Å². The van der Waals surface area contributed by atoms with Crippen LogP contribution in [0.3, 0.4) is 0 Å². The number of nitrogens with one attached hydrogen (secondary N) is 1. The fraction of sp³-hybridized carbons (Fsp3) is 0.222. The zero-order valence-electron chi connectivity index (χ0n) is 15.5. The molecule has 0 fully saturated rings. The van der Waals surface area contributed by atoms with Crippen molar-refractivity contribution < 1.29 is 37.3 Å². The second kappa shape index (κ2) is 7.30. The van der Waals surface area contributed by atoms with Crippen molar-refractivity contribution in [3.8, 4) is 16.9 Å². The predicted octanol–water partition coefficient (Wildman–Crippen LogP) is 1.37. The number of esters is 2. The highest BCUT2D eigenvalue weighted by atomic mass is 19.4. The van der Waals surface area contributed by atoms with Crippen LogP contribution in [0, 0.1) is 0 Å². The Morgan fingerprint density at radius 2 is 1.73 bits per heavy atom. The zero-order chi connectivity index (χ0) is 22.3. The lowest BCUT2D eigenvalue weighted by molar-refractivity contribution is -0.266. The highest BCUT2D eigenvalue weighted by Gasteiger charge is 2.62. The lowest BCUT2D eigenvalue weighted by atomic mass is 9.93. The number of ether oxygens (including phenoxy) is 2. The molecule has 0 spiro atoms. The van der Waals surface area contributed by atoms with E-state index in [4.69, 9.17) is 0 Å². The molecular weight excluding hydrogens is 411 g/mol. The fourth-order valence-electron chi connectivity index (χ4n) is 2.86. The smallest absolute Gasteiger partial charge is 0.432 e. The van der Waals surface area contributed by atoms with E-state index < -0.39 is 34.8 Å². The van der Waals surface area contributed by atoms with E-state index >= 15 is 0 Å². The van der Waals surface area contributed by atoms with E-state index in [0.717, 1.165) is 38.5 Å². The Kier molecular flexibility index (Phi) is 5.12. The number of aromatic nitrogens is 3. The fourth-order valence-corrected chi connectivity index (χ4v) is 2.86. The lowest BCUT2D eigenvalue weighted by Crippen LogP contribution is -2.49. The van der Waals surface area contributed by atoms with Gasteiger partial charge in [0.15, 0.2) is 0 Å². The molecule has 0 bridgehead atoms. The number of aliphatic hydroxyl groups is 1. The van der Waals surface area contributed by atoms with Crippen LogP contribution in [0.15, 0.2) is 41.5 Å². The van der Waals surface area contributed by atoms with Gasteiger partial charge in [-0.25, -0.2) is 14.7 Å². The molecule has 2 aliphatic rings. The predicted molar refractivity (Wildman–Crippen MR) is 94.1 cm³/mol. The van der Waals surface area contributed by atoms with Crippen LogP contribution in [0.5, 0.6) is 0 Å². The second-order valence-electron chi connectivity index (χ2n) is 6.13. The van der Waals surface area contributed by atoms with Crippen LogP contribution < -0.4 is 5.56 Å². The van der Waals surface area contributed by atoms with Crippen molar-refractivity contribution in [1.82, 2.24) is 14.8 Å². The quantitative estimate of drug-likeness (QED) is 0.605. The summed E-state index contributed by atoms with van der Waals surface area (Å²) in [5, 5.41) is 16.0. The van der Waals surface area contributed by atoms with E-state index in [9.17, 15) is 32.7 Å². The number of carbonyl (C=O) groups is 2. The van der Waals surface area contributed by atoms with Crippen molar-refractivity contribution in [2.45, 2.75) is 11.8 Å². The molecule has 0 radical (unpaired) electrons. The molecule has 2 heterocycles. The van der Waals surface area contributed by atoms with Gasteiger partial charge >= 0.3 is 18.1 Å². The topological polar surface area (TPSA) is 124 Å². The summed E-state index contributed by atoms with van der Waals surface area (Å²) in [4.78, 5) is 35.6. The van der Waals surface area contributed by atoms with Gasteiger partial charge in [-0.05, 0) is 12.1 Å².